The molecule has 2 unspecified atom stereocenters. The highest BCUT2D eigenvalue weighted by molar-refractivity contribution is 5.86. The molecule has 0 amide bonds. The van der Waals surface area contributed by atoms with Crippen molar-refractivity contribution in [2.45, 2.75) is 131 Å². The molecule has 6 N–H and O–H groups in total. The quantitative estimate of drug-likeness (QED) is 0.0686. The SMILES string of the molecule is CC(CC(F)(F)F)Nc1cc(N2CCOC[C@@H]2C)ncc1N.Cc1nnc2c(NC(C)C)nc(-c3nc4cnc(N5CCOC[C@@H]5C)cc4n3C(C)CC(F)(F)F)cn12.Cc1nnc2c(NC(C)C)nc(C(=O)O)cn12. The molecule has 7 aromatic heterocycles. The molecule has 28 heteroatoms. The average molecular weight is 1070 g/mol. The van der Waals surface area contributed by atoms with E-state index in [1.165, 1.54) is 19.3 Å². The number of aromatic carboxylic acids is 1. The summed E-state index contributed by atoms with van der Waals surface area (Å²) in [7, 11) is 0. The van der Waals surface area contributed by atoms with Gasteiger partial charge in [0, 0.05) is 61.8 Å². The van der Waals surface area contributed by atoms with Crippen molar-refractivity contribution in [2.24, 2.45) is 0 Å². The number of alkyl halides is 6. The predicted molar refractivity (Wildman–Crippen MR) is 275 cm³/mol. The van der Waals surface area contributed by atoms with Crippen LogP contribution in [0.25, 0.3) is 33.8 Å². The Morgan fingerprint density at radius 2 is 1.26 bits per heavy atom. The van der Waals surface area contributed by atoms with E-state index in [-0.39, 0.29) is 29.9 Å². The van der Waals surface area contributed by atoms with E-state index in [2.05, 4.69) is 61.1 Å². The van der Waals surface area contributed by atoms with Crippen molar-refractivity contribution in [1.29, 1.82) is 0 Å². The van der Waals surface area contributed by atoms with Crippen LogP contribution in [0, 0.1) is 13.8 Å². The molecule has 9 heterocycles. The molecule has 0 radical (unpaired) electrons. The first-order valence-corrected chi connectivity index (χ1v) is 24.7. The molecule has 22 nitrogen and oxygen atoms in total. The summed E-state index contributed by atoms with van der Waals surface area (Å²) in [6, 6.07) is 2.25. The Bertz CT molecular complexity index is 3120. The Balaban J connectivity index is 0.000000183. The number of anilines is 6. The molecule has 2 fully saturated rings. The van der Waals surface area contributed by atoms with Crippen LogP contribution < -0.4 is 31.5 Å². The number of nitrogens with zero attached hydrogens (tertiary/aromatic N) is 14. The van der Waals surface area contributed by atoms with Crippen LogP contribution in [0.2, 0.25) is 0 Å². The number of nitrogen functional groups attached to an aromatic ring is 1. The van der Waals surface area contributed by atoms with Gasteiger partial charge in [0.15, 0.2) is 23.2 Å². The molecule has 0 aromatic carbocycles. The number of hydrogen-bond acceptors (Lipinski definition) is 18. The summed E-state index contributed by atoms with van der Waals surface area (Å²) in [5, 5.41) is 34.4. The summed E-state index contributed by atoms with van der Waals surface area (Å²) in [4.78, 5) is 37.5. The number of nitrogens with two attached hydrogens (primary N) is 1. The molecule has 4 atom stereocenters. The fourth-order valence-corrected chi connectivity index (χ4v) is 8.70. The number of fused-ring (bicyclic) bond motifs is 3. The summed E-state index contributed by atoms with van der Waals surface area (Å²) >= 11 is 0. The summed E-state index contributed by atoms with van der Waals surface area (Å²) in [5.74, 6) is 2.77. The minimum atomic E-state index is -4.35. The highest BCUT2D eigenvalue weighted by atomic mass is 19.4. The molecular weight excluding hydrogens is 1010 g/mol. The van der Waals surface area contributed by atoms with E-state index in [4.69, 9.17) is 30.3 Å². The second-order valence-electron chi connectivity index (χ2n) is 19.5. The van der Waals surface area contributed by atoms with Gasteiger partial charge < -0.3 is 50.6 Å². The fraction of sp³-hybridized carbons (Fsp3) is 0.542. The van der Waals surface area contributed by atoms with E-state index < -0.39 is 43.2 Å². The van der Waals surface area contributed by atoms with Gasteiger partial charge in [0.1, 0.15) is 34.5 Å². The number of hydrogen-bond donors (Lipinski definition) is 5. The first-order chi connectivity index (χ1) is 35.8. The lowest BCUT2D eigenvalue weighted by Crippen LogP contribution is -2.44. The van der Waals surface area contributed by atoms with Crippen LogP contribution in [0.4, 0.5) is 61.0 Å². The van der Waals surface area contributed by atoms with Crippen LogP contribution >= 0.6 is 0 Å². The van der Waals surface area contributed by atoms with Gasteiger partial charge >= 0.3 is 18.3 Å². The van der Waals surface area contributed by atoms with E-state index in [0.717, 1.165) is 0 Å². The van der Waals surface area contributed by atoms with Crippen molar-refractivity contribution in [3.05, 3.63) is 54.3 Å². The Labute approximate surface area is 433 Å². The second kappa shape index (κ2) is 23.3. The zero-order chi connectivity index (χ0) is 55.4. The third-order valence-electron chi connectivity index (χ3n) is 12.1. The van der Waals surface area contributed by atoms with E-state index in [0.29, 0.717) is 120 Å². The smallest absolute Gasteiger partial charge is 0.391 e. The van der Waals surface area contributed by atoms with E-state index in [1.54, 1.807) is 52.6 Å². The molecule has 0 spiro atoms. The Morgan fingerprint density at radius 1 is 0.737 bits per heavy atom. The molecule has 2 saturated heterocycles. The normalized spacial score (nSPS) is 17.1. The van der Waals surface area contributed by atoms with Crippen molar-refractivity contribution in [3.63, 3.8) is 0 Å². The van der Waals surface area contributed by atoms with Crippen molar-refractivity contribution in [2.75, 3.05) is 71.0 Å². The standard InChI is InChI=1S/C24H30F3N9O.C14H21F3N4O.C10H13N5O2/c1-13(2)29-21-23-33-32-16(5)35(23)11-18(30-21)22-31-17-10-28-20(34-6-7-37-12-15(34)4)8-19(17)36(22)14(3)9-24(25,26)27;1-9(6-14(15,16)17)20-12-5-13(19-7-11(12)18)21-3-4-22-8-10(21)2;1-5(2)11-8-9-14-13-6(3)15(9)4-7(12-8)10(16)17/h8,10-11,13-15H,6-7,9,12H2,1-5H3,(H,29,30);5,7,9-10H,3-4,6,8,18H2,1-2H3,(H,19,20);4-5H,1-3H3,(H,11,12)(H,16,17)/t14?,15-;9?,10-;/m00./s1. The van der Waals surface area contributed by atoms with Crippen LogP contribution in [0.5, 0.6) is 0 Å². The number of nitrogens with one attached hydrogen (secondary N) is 3. The molecule has 76 heavy (non-hydrogen) atoms. The third-order valence-corrected chi connectivity index (χ3v) is 12.1. The number of aryl methyl sites for hydroxylation is 2. The summed E-state index contributed by atoms with van der Waals surface area (Å²) < 4.78 is 93.9. The molecule has 412 valence electrons. The molecular formula is C48H64F6N18O4. The first-order valence-electron chi connectivity index (χ1n) is 24.7. The highest BCUT2D eigenvalue weighted by Gasteiger charge is 2.34. The van der Waals surface area contributed by atoms with Crippen molar-refractivity contribution in [1.82, 2.24) is 58.7 Å². The van der Waals surface area contributed by atoms with Crippen LogP contribution in [0.1, 0.15) is 96.4 Å². The van der Waals surface area contributed by atoms with Gasteiger partial charge in [0.25, 0.3) is 0 Å². The molecule has 2 aliphatic rings. The Morgan fingerprint density at radius 3 is 1.79 bits per heavy atom. The van der Waals surface area contributed by atoms with Gasteiger partial charge in [-0.25, -0.2) is 29.7 Å². The number of halogens is 6. The second-order valence-corrected chi connectivity index (χ2v) is 19.5. The van der Waals surface area contributed by atoms with Crippen LogP contribution in [0.15, 0.2) is 36.9 Å². The highest BCUT2D eigenvalue weighted by Crippen LogP contribution is 2.36. The fourth-order valence-electron chi connectivity index (χ4n) is 8.70. The number of morpholine rings is 2. The van der Waals surface area contributed by atoms with Gasteiger partial charge in [-0.05, 0) is 69.2 Å². The van der Waals surface area contributed by atoms with Gasteiger partial charge in [-0.15, -0.1) is 20.4 Å². The minimum absolute atomic E-state index is 0.0384. The molecule has 2 aliphatic heterocycles. The number of pyridine rings is 2. The maximum Gasteiger partial charge on any atom is 0.391 e. The van der Waals surface area contributed by atoms with E-state index in [1.807, 2.05) is 47.6 Å². The predicted octanol–water partition coefficient (Wildman–Crippen LogP) is 8.00. The third kappa shape index (κ3) is 13.7. The molecule has 7 aromatic rings. The van der Waals surface area contributed by atoms with E-state index >= 15 is 0 Å². The number of carbonyl (C=O) groups is 1. The first kappa shape index (κ1) is 56.4. The van der Waals surface area contributed by atoms with Crippen molar-refractivity contribution in [3.8, 4) is 11.5 Å². The zero-order valence-electron chi connectivity index (χ0n) is 43.9. The molecule has 9 rings (SSSR count). The van der Waals surface area contributed by atoms with Crippen molar-refractivity contribution >= 4 is 62.9 Å². The number of carboxylic acid groups (broad SMARTS) is 1. The number of ether oxygens (including phenoxy) is 2. The molecule has 0 bridgehead atoms. The monoisotopic (exact) mass is 1070 g/mol. The lowest BCUT2D eigenvalue weighted by atomic mass is 10.2. The maximum absolute atomic E-state index is 13.6. The summed E-state index contributed by atoms with van der Waals surface area (Å²) in [6.45, 7) is 22.1. The van der Waals surface area contributed by atoms with Crippen molar-refractivity contribution < 1.29 is 45.7 Å². The largest absolute Gasteiger partial charge is 0.476 e. The Kier molecular flexibility index (Phi) is 17.3. The summed E-state index contributed by atoms with van der Waals surface area (Å²) in [6.07, 6.45) is -4.28. The summed E-state index contributed by atoms with van der Waals surface area (Å²) in [5.41, 5.74) is 9.11. The molecule has 0 saturated carbocycles. The maximum atomic E-state index is 13.6. The number of aromatic nitrogens is 12. The number of carboxylic acids is 1. The number of imidazole rings is 1. The van der Waals surface area contributed by atoms with Gasteiger partial charge in [0.2, 0.25) is 11.3 Å². The van der Waals surface area contributed by atoms with Gasteiger partial charge in [-0.2, -0.15) is 26.3 Å². The Hall–Kier alpha value is -7.36. The van der Waals surface area contributed by atoms with Gasteiger partial charge in [-0.3, -0.25) is 8.80 Å². The lowest BCUT2D eigenvalue weighted by Gasteiger charge is -2.34. The average Bonchev–Trinajstić information content (AvgIpc) is 4.09. The van der Waals surface area contributed by atoms with Crippen LogP contribution in [0.3, 0.4) is 0 Å². The van der Waals surface area contributed by atoms with E-state index in [9.17, 15) is 31.1 Å². The lowest BCUT2D eigenvalue weighted by molar-refractivity contribution is -0.141. The van der Waals surface area contributed by atoms with Crippen LogP contribution in [-0.2, 0) is 9.47 Å². The zero-order valence-corrected chi connectivity index (χ0v) is 43.9. The minimum Gasteiger partial charge on any atom is -0.476 e. The van der Waals surface area contributed by atoms with Crippen LogP contribution in [-0.4, -0.2) is 152 Å². The number of rotatable bonds is 13. The van der Waals surface area contributed by atoms with Gasteiger partial charge in [-0.1, -0.05) is 0 Å². The van der Waals surface area contributed by atoms with Gasteiger partial charge in [0.05, 0.1) is 80.6 Å². The topological polar surface area (TPSA) is 254 Å². The molecule has 0 aliphatic carbocycles.